The molecular weight excluding hydrogens is 661 g/mol. The minimum Gasteiger partial charge on any atom is -0.353 e. The highest BCUT2D eigenvalue weighted by Crippen LogP contribution is 2.26. The molecule has 0 unspecified atom stereocenters. The number of piperidine rings is 1. The van der Waals surface area contributed by atoms with Gasteiger partial charge in [-0.15, -0.1) is 50.9 Å². The first-order chi connectivity index (χ1) is 13.6. The Morgan fingerprint density at radius 2 is 1.81 bits per heavy atom. The van der Waals surface area contributed by atoms with E-state index in [1.807, 2.05) is 24.3 Å². The fourth-order valence-electron chi connectivity index (χ4n) is 3.83. The van der Waals surface area contributed by atoms with Crippen LogP contribution in [0.4, 0.5) is 10.3 Å². The van der Waals surface area contributed by atoms with Crippen molar-refractivity contribution in [1.82, 2.24) is 14.5 Å². The van der Waals surface area contributed by atoms with E-state index in [9.17, 15) is 4.39 Å². The molecule has 0 aliphatic carbocycles. The van der Waals surface area contributed by atoms with Gasteiger partial charge < -0.3 is 20.5 Å². The zero-order valence-corrected chi connectivity index (χ0v) is 23.7. The molecule has 0 spiro atoms. The van der Waals surface area contributed by atoms with Gasteiger partial charge in [0.05, 0.1) is 17.6 Å². The van der Waals surface area contributed by atoms with Gasteiger partial charge in [-0.2, -0.15) is 0 Å². The third kappa shape index (κ3) is 6.98. The number of nitrogens with two attached hydrogens (primary N) is 1. The number of anilines is 1. The van der Waals surface area contributed by atoms with Gasteiger partial charge in [-0.1, -0.05) is 34.1 Å². The zero-order valence-electron chi connectivity index (χ0n) is 17.0. The SMILES string of the molecule is Br.Br.Br.NCCN1CCC(Nc2nc3ccccc3n2Cc2ccc(F)cc2Br)CC1. The first-order valence-electron chi connectivity index (χ1n) is 9.72. The van der Waals surface area contributed by atoms with E-state index in [4.69, 9.17) is 10.7 Å². The molecule has 0 amide bonds. The highest BCUT2D eigenvalue weighted by Gasteiger charge is 2.21. The van der Waals surface area contributed by atoms with Crippen LogP contribution < -0.4 is 11.1 Å². The lowest BCUT2D eigenvalue weighted by Gasteiger charge is -2.32. The molecule has 1 saturated heterocycles. The molecule has 0 saturated carbocycles. The first kappa shape index (κ1) is 28.5. The molecule has 1 aliphatic heterocycles. The topological polar surface area (TPSA) is 59.1 Å². The van der Waals surface area contributed by atoms with Crippen LogP contribution >= 0.6 is 66.9 Å². The van der Waals surface area contributed by atoms with Gasteiger partial charge in [-0.25, -0.2) is 9.37 Å². The van der Waals surface area contributed by atoms with Crippen LogP contribution in [0.25, 0.3) is 11.0 Å². The number of rotatable bonds is 6. The molecule has 1 aliphatic rings. The Kier molecular flexibility index (Phi) is 12.2. The summed E-state index contributed by atoms with van der Waals surface area (Å²) in [6.07, 6.45) is 2.15. The van der Waals surface area contributed by atoms with Gasteiger partial charge in [0, 0.05) is 36.7 Å². The molecule has 4 rings (SSSR count). The van der Waals surface area contributed by atoms with E-state index in [0.29, 0.717) is 19.1 Å². The summed E-state index contributed by atoms with van der Waals surface area (Å²) >= 11 is 3.49. The summed E-state index contributed by atoms with van der Waals surface area (Å²) in [7, 11) is 0. The van der Waals surface area contributed by atoms with Crippen molar-refractivity contribution in [2.45, 2.75) is 25.4 Å². The lowest BCUT2D eigenvalue weighted by molar-refractivity contribution is 0.224. The molecule has 1 aromatic heterocycles. The summed E-state index contributed by atoms with van der Waals surface area (Å²) in [5.74, 6) is 0.628. The van der Waals surface area contributed by atoms with Gasteiger partial charge in [-0.05, 0) is 42.7 Å². The summed E-state index contributed by atoms with van der Waals surface area (Å²) in [5.41, 5.74) is 8.73. The van der Waals surface area contributed by atoms with Gasteiger partial charge in [0.25, 0.3) is 0 Å². The zero-order chi connectivity index (χ0) is 19.5. The van der Waals surface area contributed by atoms with Crippen LogP contribution in [0.3, 0.4) is 0 Å². The Labute approximate surface area is 222 Å². The fourth-order valence-corrected chi connectivity index (χ4v) is 4.31. The van der Waals surface area contributed by atoms with Crippen LogP contribution in [0.15, 0.2) is 46.9 Å². The molecule has 2 heterocycles. The molecule has 1 fully saturated rings. The van der Waals surface area contributed by atoms with E-state index in [1.54, 1.807) is 0 Å². The highest BCUT2D eigenvalue weighted by molar-refractivity contribution is 9.10. The van der Waals surface area contributed by atoms with Crippen molar-refractivity contribution >= 4 is 83.9 Å². The highest BCUT2D eigenvalue weighted by atomic mass is 79.9. The number of hydrogen-bond donors (Lipinski definition) is 2. The number of nitrogens with zero attached hydrogens (tertiary/aromatic N) is 3. The summed E-state index contributed by atoms with van der Waals surface area (Å²) in [6.45, 7) is 4.40. The Bertz CT molecular complexity index is 960. The molecule has 3 aromatic rings. The van der Waals surface area contributed by atoms with Gasteiger partial charge in [0.1, 0.15) is 5.82 Å². The predicted molar refractivity (Wildman–Crippen MR) is 146 cm³/mol. The van der Waals surface area contributed by atoms with Crippen molar-refractivity contribution in [3.8, 4) is 0 Å². The van der Waals surface area contributed by atoms with Crippen LogP contribution in [0.1, 0.15) is 18.4 Å². The normalized spacial score (nSPS) is 14.4. The average Bonchev–Trinajstić information content (AvgIpc) is 3.03. The number of halogens is 5. The summed E-state index contributed by atoms with van der Waals surface area (Å²) in [4.78, 5) is 7.25. The smallest absolute Gasteiger partial charge is 0.204 e. The third-order valence-electron chi connectivity index (χ3n) is 5.36. The number of nitrogens with one attached hydrogen (secondary N) is 1. The Morgan fingerprint density at radius 1 is 1.10 bits per heavy atom. The standard InChI is InChI=1S/C21H25BrFN5.3BrH/c22-18-13-16(23)6-5-15(18)14-28-20-4-2-1-3-19(20)26-21(28)25-17-7-10-27(11-8-17)12-9-24;;;/h1-6,13,17H,7-12,14,24H2,(H,25,26);3*1H. The monoisotopic (exact) mass is 685 g/mol. The molecule has 0 radical (unpaired) electrons. The van der Waals surface area contributed by atoms with Crippen LogP contribution in [0, 0.1) is 5.82 Å². The number of aromatic nitrogens is 2. The van der Waals surface area contributed by atoms with Crippen molar-refractivity contribution in [2.75, 3.05) is 31.5 Å². The maximum absolute atomic E-state index is 13.5. The van der Waals surface area contributed by atoms with Crippen LogP contribution in [0.5, 0.6) is 0 Å². The lowest BCUT2D eigenvalue weighted by Crippen LogP contribution is -2.41. The first-order valence-corrected chi connectivity index (χ1v) is 10.5. The van der Waals surface area contributed by atoms with E-state index in [2.05, 4.69) is 36.8 Å². The Hall–Kier alpha value is -0.520. The molecule has 2 aromatic carbocycles. The maximum Gasteiger partial charge on any atom is 0.204 e. The van der Waals surface area contributed by atoms with Crippen molar-refractivity contribution in [1.29, 1.82) is 0 Å². The van der Waals surface area contributed by atoms with Gasteiger partial charge in [0.2, 0.25) is 5.95 Å². The molecule has 0 atom stereocenters. The molecular formula is C21H28Br4FN5. The van der Waals surface area contributed by atoms with Crippen molar-refractivity contribution in [3.05, 3.63) is 58.3 Å². The number of fused-ring (bicyclic) bond motifs is 1. The molecule has 5 nitrogen and oxygen atoms in total. The maximum atomic E-state index is 13.5. The van der Waals surface area contributed by atoms with E-state index < -0.39 is 0 Å². The lowest BCUT2D eigenvalue weighted by atomic mass is 10.1. The Balaban J connectivity index is 0.00000160. The number of likely N-dealkylation sites (tertiary alicyclic amines) is 1. The minimum atomic E-state index is -0.242. The molecule has 172 valence electrons. The van der Waals surface area contributed by atoms with Crippen LogP contribution in [-0.4, -0.2) is 46.7 Å². The van der Waals surface area contributed by atoms with Gasteiger partial charge >= 0.3 is 0 Å². The second-order valence-corrected chi connectivity index (χ2v) is 8.15. The second-order valence-electron chi connectivity index (χ2n) is 7.29. The molecule has 0 bridgehead atoms. The summed E-state index contributed by atoms with van der Waals surface area (Å²) < 4.78 is 16.4. The van der Waals surface area contributed by atoms with Crippen molar-refractivity contribution in [3.63, 3.8) is 0 Å². The van der Waals surface area contributed by atoms with Crippen molar-refractivity contribution < 1.29 is 4.39 Å². The largest absolute Gasteiger partial charge is 0.353 e. The predicted octanol–water partition coefficient (Wildman–Crippen LogP) is 5.55. The van der Waals surface area contributed by atoms with Gasteiger partial charge in [0.15, 0.2) is 0 Å². The van der Waals surface area contributed by atoms with Crippen LogP contribution in [0.2, 0.25) is 0 Å². The fraction of sp³-hybridized carbons (Fsp3) is 0.381. The number of hydrogen-bond acceptors (Lipinski definition) is 4. The minimum absolute atomic E-state index is 0. The van der Waals surface area contributed by atoms with E-state index in [-0.39, 0.29) is 56.8 Å². The molecule has 10 heteroatoms. The third-order valence-corrected chi connectivity index (χ3v) is 6.10. The van der Waals surface area contributed by atoms with E-state index in [0.717, 1.165) is 59.5 Å². The van der Waals surface area contributed by atoms with E-state index in [1.165, 1.54) is 12.1 Å². The molecule has 3 N–H and O–H groups in total. The number of para-hydroxylation sites is 2. The second kappa shape index (κ2) is 13.3. The average molecular weight is 689 g/mol. The summed E-state index contributed by atoms with van der Waals surface area (Å²) in [6, 6.07) is 13.4. The van der Waals surface area contributed by atoms with Crippen LogP contribution in [-0.2, 0) is 6.54 Å². The van der Waals surface area contributed by atoms with Gasteiger partial charge in [-0.3, -0.25) is 0 Å². The number of imidazole rings is 1. The summed E-state index contributed by atoms with van der Waals surface area (Å²) in [5, 5.41) is 3.66. The number of benzene rings is 2. The van der Waals surface area contributed by atoms with E-state index >= 15 is 0 Å². The van der Waals surface area contributed by atoms with Crippen molar-refractivity contribution in [2.24, 2.45) is 5.73 Å². The molecule has 31 heavy (non-hydrogen) atoms. The quantitative estimate of drug-likeness (QED) is 0.357. The Morgan fingerprint density at radius 3 is 2.48 bits per heavy atom.